The molecule has 0 aliphatic rings. The van der Waals surface area contributed by atoms with Crippen LogP contribution >= 0.6 is 0 Å². The zero-order chi connectivity index (χ0) is 15.1. The van der Waals surface area contributed by atoms with Crippen LogP contribution < -0.4 is 10.6 Å². The number of benzene rings is 1. The van der Waals surface area contributed by atoms with Crippen molar-refractivity contribution in [2.24, 2.45) is 0 Å². The maximum absolute atomic E-state index is 13.0. The van der Waals surface area contributed by atoms with Crippen LogP contribution in [0.2, 0.25) is 0 Å². The second kappa shape index (κ2) is 7.13. The van der Waals surface area contributed by atoms with Crippen LogP contribution in [0, 0.1) is 5.82 Å². The average molecular weight is 291 g/mol. The third kappa shape index (κ3) is 4.68. The van der Waals surface area contributed by atoms with Crippen LogP contribution in [0.15, 0.2) is 30.6 Å². The van der Waals surface area contributed by atoms with Crippen molar-refractivity contribution in [3.63, 3.8) is 0 Å². The Balaban J connectivity index is 1.70. The van der Waals surface area contributed by atoms with Crippen LogP contribution in [-0.4, -0.2) is 40.1 Å². The van der Waals surface area contributed by atoms with E-state index in [1.54, 1.807) is 0 Å². The average Bonchev–Trinajstić information content (AvgIpc) is 2.98. The van der Waals surface area contributed by atoms with Gasteiger partial charge in [0.05, 0.1) is 6.54 Å². The number of halogens is 1. The van der Waals surface area contributed by atoms with E-state index in [4.69, 9.17) is 0 Å². The van der Waals surface area contributed by atoms with Gasteiger partial charge in [-0.15, -0.1) is 0 Å². The molecule has 0 aliphatic heterocycles. The van der Waals surface area contributed by atoms with Gasteiger partial charge in [0.1, 0.15) is 18.0 Å². The van der Waals surface area contributed by atoms with Gasteiger partial charge in [-0.2, -0.15) is 5.10 Å². The first-order chi connectivity index (χ1) is 10.1. The molecule has 0 atom stereocenters. The summed E-state index contributed by atoms with van der Waals surface area (Å²) in [6, 6.07) is 5.26. The van der Waals surface area contributed by atoms with E-state index in [9.17, 15) is 14.0 Å². The highest BCUT2D eigenvalue weighted by Gasteiger charge is 2.08. The molecule has 1 heterocycles. The highest BCUT2D eigenvalue weighted by atomic mass is 19.1. The number of carbonyl (C=O) groups is 2. The molecule has 0 saturated heterocycles. The summed E-state index contributed by atoms with van der Waals surface area (Å²) in [5.74, 6) is -0.669. The summed E-state index contributed by atoms with van der Waals surface area (Å²) in [6.07, 6.45) is 1.90. The highest BCUT2D eigenvalue weighted by Crippen LogP contribution is 2.02. The van der Waals surface area contributed by atoms with E-state index in [2.05, 4.69) is 25.8 Å². The largest absolute Gasteiger partial charge is 0.354 e. The van der Waals surface area contributed by atoms with Gasteiger partial charge < -0.3 is 10.6 Å². The molecule has 3 N–H and O–H groups in total. The van der Waals surface area contributed by atoms with Gasteiger partial charge in [-0.1, -0.05) is 6.07 Å². The van der Waals surface area contributed by atoms with Crippen molar-refractivity contribution in [3.05, 3.63) is 47.8 Å². The first kappa shape index (κ1) is 14.6. The Morgan fingerprint density at radius 1 is 1.29 bits per heavy atom. The lowest BCUT2D eigenvalue weighted by atomic mass is 10.2. The van der Waals surface area contributed by atoms with Crippen molar-refractivity contribution in [3.8, 4) is 0 Å². The second-order valence-corrected chi connectivity index (χ2v) is 4.23. The van der Waals surface area contributed by atoms with Crippen LogP contribution in [0.5, 0.6) is 0 Å². The van der Waals surface area contributed by atoms with Crippen molar-refractivity contribution >= 4 is 11.8 Å². The summed E-state index contributed by atoms with van der Waals surface area (Å²) >= 11 is 0. The molecule has 110 valence electrons. The van der Waals surface area contributed by atoms with E-state index in [0.29, 0.717) is 18.8 Å². The number of aromatic nitrogens is 3. The van der Waals surface area contributed by atoms with Crippen molar-refractivity contribution in [1.29, 1.82) is 0 Å². The molecule has 2 rings (SSSR count). The normalized spacial score (nSPS) is 10.1. The van der Waals surface area contributed by atoms with E-state index in [1.807, 2.05) is 0 Å². The Morgan fingerprint density at radius 2 is 2.14 bits per heavy atom. The number of nitrogens with zero attached hydrogens (tertiary/aromatic N) is 2. The standard InChI is InChI=1S/C13H14FN5O2/c14-10-3-1-2-9(6-10)13(21)16-7-12(20)15-5-4-11-17-8-18-19-11/h1-3,6,8H,4-5,7H2,(H,15,20)(H,16,21)(H,17,18,19). The molecule has 7 nitrogen and oxygen atoms in total. The van der Waals surface area contributed by atoms with Crippen LogP contribution in [0.4, 0.5) is 4.39 Å². The smallest absolute Gasteiger partial charge is 0.251 e. The lowest BCUT2D eigenvalue weighted by Crippen LogP contribution is -2.37. The van der Waals surface area contributed by atoms with E-state index >= 15 is 0 Å². The minimum atomic E-state index is -0.501. The van der Waals surface area contributed by atoms with Gasteiger partial charge >= 0.3 is 0 Å². The summed E-state index contributed by atoms with van der Waals surface area (Å²) < 4.78 is 13.0. The SMILES string of the molecule is O=C(CNC(=O)c1cccc(F)c1)NCCc1ncn[nH]1. The lowest BCUT2D eigenvalue weighted by Gasteiger charge is -2.06. The zero-order valence-electron chi connectivity index (χ0n) is 11.1. The predicted octanol–water partition coefficient (Wildman–Crippen LogP) is 0.0325. The number of H-pyrrole nitrogens is 1. The third-order valence-corrected chi connectivity index (χ3v) is 2.65. The molecule has 1 aromatic heterocycles. The Kier molecular flexibility index (Phi) is 4.97. The van der Waals surface area contributed by atoms with Gasteiger partial charge in [-0.25, -0.2) is 9.37 Å². The molecule has 0 saturated carbocycles. The fourth-order valence-corrected chi connectivity index (χ4v) is 1.63. The van der Waals surface area contributed by atoms with Gasteiger partial charge in [0, 0.05) is 18.5 Å². The Bertz CT molecular complexity index is 615. The molecule has 0 aliphatic carbocycles. The first-order valence-corrected chi connectivity index (χ1v) is 6.30. The van der Waals surface area contributed by atoms with Gasteiger partial charge in [-0.3, -0.25) is 14.7 Å². The number of amides is 2. The maximum Gasteiger partial charge on any atom is 0.251 e. The molecule has 2 amide bonds. The quantitative estimate of drug-likeness (QED) is 0.699. The molecule has 1 aromatic carbocycles. The summed E-state index contributed by atoms with van der Waals surface area (Å²) in [5, 5.41) is 11.4. The monoisotopic (exact) mass is 291 g/mol. The number of carbonyl (C=O) groups excluding carboxylic acids is 2. The fourth-order valence-electron chi connectivity index (χ4n) is 1.63. The van der Waals surface area contributed by atoms with E-state index in [-0.39, 0.29) is 18.0 Å². The van der Waals surface area contributed by atoms with Crippen molar-refractivity contribution in [2.75, 3.05) is 13.1 Å². The predicted molar refractivity (Wildman–Crippen MR) is 71.8 cm³/mol. The van der Waals surface area contributed by atoms with Crippen LogP contribution in [0.3, 0.4) is 0 Å². The van der Waals surface area contributed by atoms with E-state index in [0.717, 1.165) is 6.07 Å². The minimum absolute atomic E-state index is 0.171. The summed E-state index contributed by atoms with van der Waals surface area (Å²) in [6.45, 7) is 0.204. The molecule has 2 aromatic rings. The van der Waals surface area contributed by atoms with Gasteiger partial charge in [0.25, 0.3) is 5.91 Å². The lowest BCUT2D eigenvalue weighted by molar-refractivity contribution is -0.120. The molecule has 0 unspecified atom stereocenters. The molecule has 21 heavy (non-hydrogen) atoms. The van der Waals surface area contributed by atoms with Gasteiger partial charge in [0.2, 0.25) is 5.91 Å². The minimum Gasteiger partial charge on any atom is -0.354 e. The highest BCUT2D eigenvalue weighted by molar-refractivity contribution is 5.96. The number of aromatic amines is 1. The van der Waals surface area contributed by atoms with Crippen molar-refractivity contribution < 1.29 is 14.0 Å². The fraction of sp³-hybridized carbons (Fsp3) is 0.231. The van der Waals surface area contributed by atoms with Gasteiger partial charge in [-0.05, 0) is 18.2 Å². The Labute approximate surface area is 120 Å². The number of hydrogen-bond acceptors (Lipinski definition) is 4. The van der Waals surface area contributed by atoms with Crippen molar-refractivity contribution in [2.45, 2.75) is 6.42 Å². The summed E-state index contributed by atoms with van der Waals surface area (Å²) in [4.78, 5) is 27.1. The third-order valence-electron chi connectivity index (χ3n) is 2.65. The summed E-state index contributed by atoms with van der Waals surface area (Å²) in [5.41, 5.74) is 0.171. The second-order valence-electron chi connectivity index (χ2n) is 4.23. The molecular formula is C13H14FN5O2. The van der Waals surface area contributed by atoms with Crippen LogP contribution in [0.25, 0.3) is 0 Å². The molecular weight excluding hydrogens is 277 g/mol. The van der Waals surface area contributed by atoms with E-state index in [1.165, 1.54) is 24.5 Å². The number of hydrogen-bond donors (Lipinski definition) is 3. The number of rotatable bonds is 6. The molecule has 0 spiro atoms. The van der Waals surface area contributed by atoms with Crippen LogP contribution in [0.1, 0.15) is 16.2 Å². The Hall–Kier alpha value is -2.77. The molecule has 0 fully saturated rings. The van der Waals surface area contributed by atoms with E-state index < -0.39 is 11.7 Å². The van der Waals surface area contributed by atoms with Gasteiger partial charge in [0.15, 0.2) is 0 Å². The molecule has 8 heteroatoms. The Morgan fingerprint density at radius 3 is 2.86 bits per heavy atom. The number of nitrogens with one attached hydrogen (secondary N) is 3. The van der Waals surface area contributed by atoms with Crippen LogP contribution in [-0.2, 0) is 11.2 Å². The maximum atomic E-state index is 13.0. The summed E-state index contributed by atoms with van der Waals surface area (Å²) in [7, 11) is 0. The zero-order valence-corrected chi connectivity index (χ0v) is 11.1. The topological polar surface area (TPSA) is 99.8 Å². The first-order valence-electron chi connectivity index (χ1n) is 6.30. The van der Waals surface area contributed by atoms with Crippen molar-refractivity contribution in [1.82, 2.24) is 25.8 Å². The molecule has 0 radical (unpaired) electrons. The molecule has 0 bridgehead atoms.